The van der Waals surface area contributed by atoms with Crippen LogP contribution in [0, 0.1) is 41.5 Å². The Morgan fingerprint density at radius 1 is 0.727 bits per heavy atom. The molecule has 2 rings (SSSR count). The van der Waals surface area contributed by atoms with E-state index in [2.05, 4.69) is 44.7 Å². The van der Waals surface area contributed by atoms with Crippen LogP contribution in [-0.2, 0) is 0 Å². The van der Waals surface area contributed by atoms with Gasteiger partial charge in [-0.2, -0.15) is 0 Å². The average molecular weight is 357 g/mol. The fourth-order valence-electron chi connectivity index (χ4n) is 3.84. The van der Waals surface area contributed by atoms with Crippen LogP contribution >= 0.6 is 0 Å². The molecule has 0 spiro atoms. The minimum absolute atomic E-state index is 0.913. The summed E-state index contributed by atoms with van der Waals surface area (Å²) in [4.78, 5) is 1.63. The molecule has 0 nitrogen and oxygen atoms in total. The molecule has 0 bridgehead atoms. The van der Waals surface area contributed by atoms with Gasteiger partial charge in [0, 0.05) is 0 Å². The number of halogens is 1. The molecular weight excluding hydrogens is 332 g/mol. The van der Waals surface area contributed by atoms with Crippen molar-refractivity contribution < 1.29 is 3.50 Å². The van der Waals surface area contributed by atoms with Gasteiger partial charge in [0.15, 0.2) is 0 Å². The molecule has 0 heterocycles. The van der Waals surface area contributed by atoms with Crippen LogP contribution < -0.4 is 8.79 Å². The molecule has 0 unspecified atom stereocenters. The summed E-state index contributed by atoms with van der Waals surface area (Å²) in [6, 6.07) is 8.35. The normalized spacial score (nSPS) is 11.6. The van der Waals surface area contributed by atoms with Crippen LogP contribution in [0.1, 0.15) is 33.4 Å². The summed E-state index contributed by atoms with van der Waals surface area (Å²) in [7, 11) is 0. The van der Waals surface area contributed by atoms with Crippen LogP contribution in [0.4, 0.5) is 3.50 Å². The van der Waals surface area contributed by atoms with Gasteiger partial charge in [-0.05, 0) is 0 Å². The Morgan fingerprint density at radius 2 is 1.00 bits per heavy atom. The van der Waals surface area contributed by atoms with E-state index in [1.807, 2.05) is 27.7 Å². The van der Waals surface area contributed by atoms with E-state index in [4.69, 9.17) is 0 Å². The zero-order valence-electron chi connectivity index (χ0n) is 14.5. The van der Waals surface area contributed by atoms with Crippen LogP contribution in [0.25, 0.3) is 0 Å². The average Bonchev–Trinajstić information content (AvgIpc) is 2.35. The van der Waals surface area contributed by atoms with Crippen molar-refractivity contribution in [3.05, 3.63) is 69.1 Å². The zero-order valence-corrected chi connectivity index (χ0v) is 16.6. The van der Waals surface area contributed by atoms with Crippen molar-refractivity contribution in [3.63, 3.8) is 0 Å². The molecule has 0 aliphatic heterocycles. The molecule has 0 radical (unpaired) electrons. The Kier molecular flexibility index (Phi) is 4.67. The Hall–Kier alpha value is -1.35. The summed E-state index contributed by atoms with van der Waals surface area (Å²) >= 11 is -4.06. The van der Waals surface area contributed by atoms with Gasteiger partial charge in [0.05, 0.1) is 0 Å². The van der Waals surface area contributed by atoms with Gasteiger partial charge in [-0.25, -0.2) is 0 Å². The van der Waals surface area contributed by atoms with Crippen molar-refractivity contribution in [2.24, 2.45) is 0 Å². The Morgan fingerprint density at radius 3 is 1.23 bits per heavy atom. The maximum atomic E-state index is 16.4. The van der Waals surface area contributed by atoms with Crippen molar-refractivity contribution in [2.75, 3.05) is 0 Å². The Balaban J connectivity index is 2.83. The molecule has 2 aromatic rings. The van der Waals surface area contributed by atoms with Crippen molar-refractivity contribution in [3.8, 4) is 0 Å². The van der Waals surface area contributed by atoms with Crippen LogP contribution in [-0.4, -0.2) is 13.7 Å². The van der Waals surface area contributed by atoms with E-state index < -0.39 is 13.7 Å². The van der Waals surface area contributed by atoms with Gasteiger partial charge >= 0.3 is 137 Å². The second-order valence-electron chi connectivity index (χ2n) is 6.46. The number of aryl methyl sites for hydroxylation is 6. The standard InChI is InChI=1S/C20H25FGe/c1-8-22(21,19-15(4)9-13(2)10-16(19)5)20-17(6)11-14(3)12-18(20)7/h8-12H,1H2,2-7H3. The van der Waals surface area contributed by atoms with Crippen LogP contribution in [0.5, 0.6) is 0 Å². The third kappa shape index (κ3) is 2.79. The van der Waals surface area contributed by atoms with E-state index in [9.17, 15) is 0 Å². The van der Waals surface area contributed by atoms with E-state index in [1.54, 1.807) is 4.91 Å². The van der Waals surface area contributed by atoms with Gasteiger partial charge in [-0.1, -0.05) is 0 Å². The molecule has 2 aromatic carbocycles. The number of benzene rings is 2. The van der Waals surface area contributed by atoms with Crippen LogP contribution in [0.3, 0.4) is 0 Å². The molecule has 116 valence electrons. The summed E-state index contributed by atoms with van der Waals surface area (Å²) in [5, 5.41) is 0. The van der Waals surface area contributed by atoms with Gasteiger partial charge in [0.2, 0.25) is 0 Å². The van der Waals surface area contributed by atoms with Crippen LogP contribution in [0.15, 0.2) is 35.8 Å². The fourth-order valence-corrected chi connectivity index (χ4v) is 10.6. The summed E-state index contributed by atoms with van der Waals surface area (Å²) in [5.41, 5.74) is 6.59. The first-order valence-electron chi connectivity index (χ1n) is 7.70. The molecule has 0 fully saturated rings. The second kappa shape index (κ2) is 6.04. The van der Waals surface area contributed by atoms with E-state index in [0.29, 0.717) is 0 Å². The quantitative estimate of drug-likeness (QED) is 0.719. The predicted molar refractivity (Wildman–Crippen MR) is 97.6 cm³/mol. The van der Waals surface area contributed by atoms with Gasteiger partial charge in [0.25, 0.3) is 0 Å². The summed E-state index contributed by atoms with van der Waals surface area (Å²) in [6.45, 7) is 16.1. The second-order valence-corrected chi connectivity index (χ2v) is 12.4. The number of hydrogen-bond donors (Lipinski definition) is 0. The number of rotatable bonds is 3. The maximum absolute atomic E-state index is 16.4. The molecule has 0 saturated heterocycles. The molecule has 0 saturated carbocycles. The molecule has 0 aliphatic rings. The fraction of sp³-hybridized carbons (Fsp3) is 0.300. The Bertz CT molecular complexity index is 640. The van der Waals surface area contributed by atoms with E-state index in [0.717, 1.165) is 31.0 Å². The molecule has 2 heteroatoms. The summed E-state index contributed by atoms with van der Waals surface area (Å²) in [6.07, 6.45) is 0. The van der Waals surface area contributed by atoms with Crippen molar-refractivity contribution >= 4 is 22.5 Å². The molecule has 0 aromatic heterocycles. The van der Waals surface area contributed by atoms with Crippen molar-refractivity contribution in [1.29, 1.82) is 0 Å². The molecular formula is C20H25FGe. The predicted octanol–water partition coefficient (Wildman–Crippen LogP) is 4.29. The van der Waals surface area contributed by atoms with Crippen molar-refractivity contribution in [1.82, 2.24) is 0 Å². The minimum atomic E-state index is -4.06. The molecule has 0 aliphatic carbocycles. The number of hydrogen-bond acceptors (Lipinski definition) is 0. The van der Waals surface area contributed by atoms with E-state index in [1.165, 1.54) is 11.1 Å². The summed E-state index contributed by atoms with van der Waals surface area (Å²) in [5.74, 6) is 0. The first kappa shape index (κ1) is 17.0. The summed E-state index contributed by atoms with van der Waals surface area (Å²) < 4.78 is 18.2. The third-order valence-corrected chi connectivity index (χ3v) is 11.9. The van der Waals surface area contributed by atoms with Crippen LogP contribution in [0.2, 0.25) is 0 Å². The van der Waals surface area contributed by atoms with Crippen molar-refractivity contribution in [2.45, 2.75) is 41.5 Å². The molecule has 0 amide bonds. The zero-order chi connectivity index (χ0) is 16.7. The molecule has 0 N–H and O–H groups in total. The van der Waals surface area contributed by atoms with Gasteiger partial charge < -0.3 is 0 Å². The van der Waals surface area contributed by atoms with E-state index >= 15 is 3.50 Å². The molecule has 22 heavy (non-hydrogen) atoms. The van der Waals surface area contributed by atoms with E-state index in [-0.39, 0.29) is 0 Å². The van der Waals surface area contributed by atoms with Gasteiger partial charge in [-0.15, -0.1) is 0 Å². The third-order valence-electron chi connectivity index (χ3n) is 4.36. The van der Waals surface area contributed by atoms with Gasteiger partial charge in [-0.3, -0.25) is 0 Å². The topological polar surface area (TPSA) is 0 Å². The Labute approximate surface area is 136 Å². The first-order valence-corrected chi connectivity index (χ1v) is 11.8. The monoisotopic (exact) mass is 358 g/mol. The van der Waals surface area contributed by atoms with Gasteiger partial charge in [0.1, 0.15) is 0 Å². The SMILES string of the molecule is C=[CH][Ge]([F])([c]1c(C)cc(C)cc1C)[c]1c(C)cc(C)cc1C. The first-order chi connectivity index (χ1) is 10.2. The molecule has 0 atom stereocenters.